The van der Waals surface area contributed by atoms with Gasteiger partial charge in [0.15, 0.2) is 6.10 Å². The third kappa shape index (κ3) is 4.39. The number of carbonyl (C=O) groups is 2. The molecule has 0 spiro atoms. The molecule has 1 amide bonds. The molecule has 0 aliphatic rings. The number of aromatic nitrogens is 2. The number of hydrogen-bond donors (Lipinski definition) is 1. The quantitative estimate of drug-likeness (QED) is 0.399. The predicted molar refractivity (Wildman–Crippen MR) is 100 cm³/mol. The molecule has 1 unspecified atom stereocenters. The third-order valence-electron chi connectivity index (χ3n) is 3.84. The fourth-order valence-electron chi connectivity index (χ4n) is 2.34. The highest BCUT2D eigenvalue weighted by molar-refractivity contribution is 5.97. The van der Waals surface area contributed by atoms with Crippen molar-refractivity contribution in [2.75, 3.05) is 5.32 Å². The smallest absolute Gasteiger partial charge is 0.342 e. The molecular formula is C19H16N4O5. The Morgan fingerprint density at radius 1 is 1.14 bits per heavy atom. The first-order valence-electron chi connectivity index (χ1n) is 8.30. The molecule has 1 N–H and O–H groups in total. The van der Waals surface area contributed by atoms with Gasteiger partial charge in [-0.2, -0.15) is 5.10 Å². The van der Waals surface area contributed by atoms with Crippen molar-refractivity contribution >= 4 is 23.3 Å². The lowest BCUT2D eigenvalue weighted by Gasteiger charge is -2.12. The number of nitrogens with zero attached hydrogens (tertiary/aromatic N) is 3. The molecule has 1 heterocycles. The number of ether oxygens (including phenoxy) is 1. The van der Waals surface area contributed by atoms with Gasteiger partial charge >= 0.3 is 5.97 Å². The van der Waals surface area contributed by atoms with Crippen LogP contribution in [0.5, 0.6) is 0 Å². The van der Waals surface area contributed by atoms with E-state index in [0.29, 0.717) is 11.4 Å². The van der Waals surface area contributed by atoms with E-state index < -0.39 is 22.9 Å². The average molecular weight is 380 g/mol. The zero-order chi connectivity index (χ0) is 20.1. The van der Waals surface area contributed by atoms with Crippen LogP contribution in [0.2, 0.25) is 0 Å². The van der Waals surface area contributed by atoms with Gasteiger partial charge in [-0.05, 0) is 31.2 Å². The van der Waals surface area contributed by atoms with E-state index in [9.17, 15) is 19.7 Å². The van der Waals surface area contributed by atoms with Crippen LogP contribution in [-0.4, -0.2) is 32.7 Å². The maximum Gasteiger partial charge on any atom is 0.342 e. The number of esters is 1. The summed E-state index contributed by atoms with van der Waals surface area (Å²) < 4.78 is 6.56. The molecule has 0 fully saturated rings. The number of carbonyl (C=O) groups excluding carboxylic acids is 2. The van der Waals surface area contributed by atoms with E-state index in [1.807, 2.05) is 6.07 Å². The van der Waals surface area contributed by atoms with E-state index >= 15 is 0 Å². The van der Waals surface area contributed by atoms with Crippen LogP contribution < -0.4 is 5.32 Å². The highest BCUT2D eigenvalue weighted by atomic mass is 16.6. The number of hydrogen-bond acceptors (Lipinski definition) is 6. The van der Waals surface area contributed by atoms with Crippen LogP contribution in [0.4, 0.5) is 11.4 Å². The van der Waals surface area contributed by atoms with Crippen molar-refractivity contribution in [2.24, 2.45) is 0 Å². The normalized spacial score (nSPS) is 11.5. The second-order valence-corrected chi connectivity index (χ2v) is 5.85. The number of para-hydroxylation sites is 1. The molecule has 3 rings (SSSR count). The van der Waals surface area contributed by atoms with Crippen molar-refractivity contribution in [1.82, 2.24) is 9.78 Å². The first kappa shape index (κ1) is 18.8. The fourth-order valence-corrected chi connectivity index (χ4v) is 2.34. The van der Waals surface area contributed by atoms with Crippen molar-refractivity contribution in [3.63, 3.8) is 0 Å². The predicted octanol–water partition coefficient (Wildman–Crippen LogP) is 2.96. The molecule has 1 atom stereocenters. The first-order chi connectivity index (χ1) is 13.4. The van der Waals surface area contributed by atoms with Crippen molar-refractivity contribution in [1.29, 1.82) is 0 Å². The van der Waals surface area contributed by atoms with E-state index in [0.717, 1.165) is 0 Å². The van der Waals surface area contributed by atoms with Gasteiger partial charge in [0.2, 0.25) is 0 Å². The molecule has 0 saturated heterocycles. The van der Waals surface area contributed by atoms with Crippen LogP contribution in [0.25, 0.3) is 5.69 Å². The van der Waals surface area contributed by atoms with E-state index in [2.05, 4.69) is 10.4 Å². The third-order valence-corrected chi connectivity index (χ3v) is 3.84. The molecule has 0 aliphatic carbocycles. The average Bonchev–Trinajstić information content (AvgIpc) is 3.19. The molecule has 142 valence electrons. The monoisotopic (exact) mass is 380 g/mol. The van der Waals surface area contributed by atoms with E-state index in [-0.39, 0.29) is 11.3 Å². The minimum atomic E-state index is -1.00. The standard InChI is InChI=1S/C19H16N4O5/c1-13(18(24)21-15-5-3-2-4-6-15)28-19(25)14-11-20-22(12-14)16-7-9-17(10-8-16)23(26)27/h2-13H,1H3,(H,21,24). The van der Waals surface area contributed by atoms with Crippen LogP contribution in [0.3, 0.4) is 0 Å². The van der Waals surface area contributed by atoms with Crippen LogP contribution in [0.1, 0.15) is 17.3 Å². The summed E-state index contributed by atoms with van der Waals surface area (Å²) in [6.07, 6.45) is 1.71. The van der Waals surface area contributed by atoms with E-state index in [4.69, 9.17) is 4.74 Å². The van der Waals surface area contributed by atoms with Gasteiger partial charge in [-0.25, -0.2) is 9.48 Å². The zero-order valence-corrected chi connectivity index (χ0v) is 14.8. The molecule has 2 aromatic carbocycles. The molecule has 0 radical (unpaired) electrons. The van der Waals surface area contributed by atoms with E-state index in [1.165, 1.54) is 48.3 Å². The second-order valence-electron chi connectivity index (χ2n) is 5.85. The minimum absolute atomic E-state index is 0.0474. The van der Waals surface area contributed by atoms with E-state index in [1.54, 1.807) is 24.3 Å². The molecule has 1 aromatic heterocycles. The Labute approximate surface area is 159 Å². The topological polar surface area (TPSA) is 116 Å². The molecule has 0 saturated carbocycles. The first-order valence-corrected chi connectivity index (χ1v) is 8.30. The lowest BCUT2D eigenvalue weighted by molar-refractivity contribution is -0.384. The zero-order valence-electron chi connectivity index (χ0n) is 14.8. The molecule has 9 nitrogen and oxygen atoms in total. The number of nitro benzene ring substituents is 1. The largest absolute Gasteiger partial charge is 0.449 e. The van der Waals surface area contributed by atoms with Crippen LogP contribution in [0, 0.1) is 10.1 Å². The number of amides is 1. The van der Waals surface area contributed by atoms with Gasteiger partial charge < -0.3 is 10.1 Å². The summed E-state index contributed by atoms with van der Waals surface area (Å²) in [6, 6.07) is 14.5. The van der Waals surface area contributed by atoms with Crippen LogP contribution in [0.15, 0.2) is 67.0 Å². The minimum Gasteiger partial charge on any atom is -0.449 e. The summed E-state index contributed by atoms with van der Waals surface area (Å²) in [6.45, 7) is 1.47. The van der Waals surface area contributed by atoms with Crippen molar-refractivity contribution in [3.05, 3.63) is 82.7 Å². The van der Waals surface area contributed by atoms with Gasteiger partial charge in [-0.15, -0.1) is 0 Å². The molecule has 3 aromatic rings. The van der Waals surface area contributed by atoms with Gasteiger partial charge in [0.1, 0.15) is 0 Å². The molecule has 0 aliphatic heterocycles. The maximum atomic E-state index is 12.3. The van der Waals surface area contributed by atoms with Crippen molar-refractivity contribution < 1.29 is 19.2 Å². The maximum absolute atomic E-state index is 12.3. The summed E-state index contributed by atoms with van der Waals surface area (Å²) in [5.74, 6) is -1.16. The lowest BCUT2D eigenvalue weighted by Crippen LogP contribution is -2.29. The Hall–Kier alpha value is -4.01. The molecular weight excluding hydrogens is 364 g/mol. The van der Waals surface area contributed by atoms with Gasteiger partial charge in [0.25, 0.3) is 11.6 Å². The van der Waals surface area contributed by atoms with Gasteiger partial charge in [0.05, 0.1) is 22.4 Å². The van der Waals surface area contributed by atoms with Gasteiger partial charge in [-0.3, -0.25) is 14.9 Å². The fraction of sp³-hybridized carbons (Fsp3) is 0.105. The molecule has 9 heteroatoms. The molecule has 0 bridgehead atoms. The Morgan fingerprint density at radius 2 is 1.82 bits per heavy atom. The SMILES string of the molecule is CC(OC(=O)c1cnn(-c2ccc([N+](=O)[O-])cc2)c1)C(=O)Nc1ccccc1. The Bertz CT molecular complexity index is 999. The number of benzene rings is 2. The summed E-state index contributed by atoms with van der Waals surface area (Å²) >= 11 is 0. The summed E-state index contributed by atoms with van der Waals surface area (Å²) in [5, 5.41) is 17.4. The number of nitrogens with one attached hydrogen (secondary N) is 1. The Kier molecular flexibility index (Phi) is 5.45. The second kappa shape index (κ2) is 8.12. The lowest BCUT2D eigenvalue weighted by atomic mass is 10.3. The van der Waals surface area contributed by atoms with Crippen molar-refractivity contribution in [3.8, 4) is 5.69 Å². The summed E-state index contributed by atoms with van der Waals surface area (Å²) in [7, 11) is 0. The van der Waals surface area contributed by atoms with Gasteiger partial charge in [-0.1, -0.05) is 18.2 Å². The van der Waals surface area contributed by atoms with Crippen molar-refractivity contribution in [2.45, 2.75) is 13.0 Å². The molecule has 28 heavy (non-hydrogen) atoms. The summed E-state index contributed by atoms with van der Waals surface area (Å²) in [5.41, 5.74) is 1.24. The summed E-state index contributed by atoms with van der Waals surface area (Å²) in [4.78, 5) is 34.6. The highest BCUT2D eigenvalue weighted by Crippen LogP contribution is 2.16. The number of nitro groups is 1. The van der Waals surface area contributed by atoms with Crippen LogP contribution in [-0.2, 0) is 9.53 Å². The Morgan fingerprint density at radius 3 is 2.46 bits per heavy atom. The number of non-ortho nitro benzene ring substituents is 1. The van der Waals surface area contributed by atoms with Crippen LogP contribution >= 0.6 is 0 Å². The van der Waals surface area contributed by atoms with Gasteiger partial charge in [0, 0.05) is 24.0 Å². The number of anilines is 1. The highest BCUT2D eigenvalue weighted by Gasteiger charge is 2.20. The number of rotatable bonds is 6. The Balaban J connectivity index is 1.63.